The Balaban J connectivity index is 3.36. The molecule has 0 bridgehead atoms. The zero-order valence-electron chi connectivity index (χ0n) is 8.93. The standard InChI is InChI=1S/C10H20O2Si/c1-5-13(4)8-6-7-12-10(11)9(2)3/h13H,2,5-8H2,1,3-4H3. The fourth-order valence-electron chi connectivity index (χ4n) is 0.924. The maximum Gasteiger partial charge on any atom is 0.333 e. The van der Waals surface area contributed by atoms with Gasteiger partial charge in [0, 0.05) is 14.4 Å². The van der Waals surface area contributed by atoms with Crippen molar-refractivity contribution < 1.29 is 9.53 Å². The highest BCUT2D eigenvalue weighted by Crippen LogP contribution is 2.03. The van der Waals surface area contributed by atoms with E-state index in [-0.39, 0.29) is 5.97 Å². The molecule has 0 aliphatic rings. The van der Waals surface area contributed by atoms with Crippen LogP contribution in [0, 0.1) is 0 Å². The molecule has 0 heterocycles. The molecule has 2 nitrogen and oxygen atoms in total. The fraction of sp³-hybridized carbons (Fsp3) is 0.700. The Labute approximate surface area is 82.6 Å². The van der Waals surface area contributed by atoms with E-state index in [9.17, 15) is 4.79 Å². The summed E-state index contributed by atoms with van der Waals surface area (Å²) in [7, 11) is -0.483. The minimum Gasteiger partial charge on any atom is -0.462 e. The van der Waals surface area contributed by atoms with Gasteiger partial charge in [0.25, 0.3) is 0 Å². The van der Waals surface area contributed by atoms with Crippen molar-refractivity contribution >= 4 is 14.8 Å². The molecule has 3 heteroatoms. The minimum absolute atomic E-state index is 0.259. The monoisotopic (exact) mass is 200 g/mol. The van der Waals surface area contributed by atoms with Gasteiger partial charge < -0.3 is 4.74 Å². The van der Waals surface area contributed by atoms with Crippen LogP contribution in [0.15, 0.2) is 12.2 Å². The lowest BCUT2D eigenvalue weighted by Gasteiger charge is -2.07. The van der Waals surface area contributed by atoms with Gasteiger partial charge in [-0.3, -0.25) is 0 Å². The summed E-state index contributed by atoms with van der Waals surface area (Å²) in [4.78, 5) is 10.9. The Kier molecular flexibility index (Phi) is 6.59. The normalized spacial score (nSPS) is 12.2. The van der Waals surface area contributed by atoms with Crippen LogP contribution in [0.25, 0.3) is 0 Å². The first-order valence-corrected chi connectivity index (χ1v) is 7.69. The van der Waals surface area contributed by atoms with Gasteiger partial charge in [0.15, 0.2) is 0 Å². The number of ether oxygens (including phenoxy) is 1. The van der Waals surface area contributed by atoms with Crippen molar-refractivity contribution in [1.82, 2.24) is 0 Å². The van der Waals surface area contributed by atoms with Crippen LogP contribution in [-0.4, -0.2) is 21.4 Å². The Hall–Kier alpha value is -0.573. The molecule has 13 heavy (non-hydrogen) atoms. The molecule has 0 aliphatic heterocycles. The van der Waals surface area contributed by atoms with E-state index >= 15 is 0 Å². The first-order chi connectivity index (χ1) is 6.07. The Morgan fingerprint density at radius 2 is 2.15 bits per heavy atom. The number of carbonyl (C=O) groups excluding carboxylic acids is 1. The SMILES string of the molecule is C=C(C)C(=O)OCCC[SiH](C)CC. The van der Waals surface area contributed by atoms with E-state index in [0.29, 0.717) is 12.2 Å². The summed E-state index contributed by atoms with van der Waals surface area (Å²) in [6.07, 6.45) is 1.01. The molecule has 0 saturated carbocycles. The molecule has 0 radical (unpaired) electrons. The molecule has 0 spiro atoms. The highest BCUT2D eigenvalue weighted by molar-refractivity contribution is 6.57. The number of hydrogen-bond acceptors (Lipinski definition) is 2. The zero-order chi connectivity index (χ0) is 10.3. The van der Waals surface area contributed by atoms with Gasteiger partial charge >= 0.3 is 5.97 Å². The first kappa shape index (κ1) is 12.4. The van der Waals surface area contributed by atoms with Gasteiger partial charge in [-0.1, -0.05) is 32.1 Å². The number of rotatable bonds is 6. The summed E-state index contributed by atoms with van der Waals surface area (Å²) < 4.78 is 4.98. The van der Waals surface area contributed by atoms with E-state index in [4.69, 9.17) is 4.74 Å². The van der Waals surface area contributed by atoms with Gasteiger partial charge in [-0.15, -0.1) is 0 Å². The topological polar surface area (TPSA) is 26.3 Å². The van der Waals surface area contributed by atoms with Gasteiger partial charge in [0.1, 0.15) is 0 Å². The smallest absolute Gasteiger partial charge is 0.333 e. The van der Waals surface area contributed by atoms with Crippen molar-refractivity contribution in [3.63, 3.8) is 0 Å². The van der Waals surface area contributed by atoms with Crippen LogP contribution in [-0.2, 0) is 9.53 Å². The molecule has 0 rings (SSSR count). The van der Waals surface area contributed by atoms with Crippen LogP contribution in [0.3, 0.4) is 0 Å². The van der Waals surface area contributed by atoms with Crippen molar-refractivity contribution in [2.75, 3.05) is 6.61 Å². The van der Waals surface area contributed by atoms with Crippen molar-refractivity contribution in [2.24, 2.45) is 0 Å². The molecule has 0 N–H and O–H groups in total. The van der Waals surface area contributed by atoms with Crippen molar-refractivity contribution in [2.45, 2.75) is 38.9 Å². The van der Waals surface area contributed by atoms with Crippen LogP contribution >= 0.6 is 0 Å². The minimum atomic E-state index is -0.483. The van der Waals surface area contributed by atoms with Gasteiger partial charge in [-0.25, -0.2) is 4.79 Å². The number of carbonyl (C=O) groups is 1. The fourth-order valence-corrected chi connectivity index (χ4v) is 2.20. The molecule has 76 valence electrons. The summed E-state index contributed by atoms with van der Waals surface area (Å²) in [5.74, 6) is -0.259. The second-order valence-corrected chi connectivity index (χ2v) is 7.18. The van der Waals surface area contributed by atoms with Crippen molar-refractivity contribution in [3.8, 4) is 0 Å². The zero-order valence-corrected chi connectivity index (χ0v) is 10.1. The molecule has 0 aliphatic carbocycles. The van der Waals surface area contributed by atoms with Gasteiger partial charge in [-0.2, -0.15) is 0 Å². The van der Waals surface area contributed by atoms with Crippen LogP contribution in [0.2, 0.25) is 18.6 Å². The third kappa shape index (κ3) is 6.58. The second-order valence-electron chi connectivity index (χ2n) is 3.57. The Bertz CT molecular complexity index is 178. The van der Waals surface area contributed by atoms with E-state index in [2.05, 4.69) is 20.0 Å². The van der Waals surface area contributed by atoms with Crippen LogP contribution < -0.4 is 0 Å². The van der Waals surface area contributed by atoms with Crippen LogP contribution in [0.4, 0.5) is 0 Å². The lowest BCUT2D eigenvalue weighted by Crippen LogP contribution is -2.09. The molecule has 0 aromatic carbocycles. The maximum atomic E-state index is 10.9. The summed E-state index contributed by atoms with van der Waals surface area (Å²) in [6, 6.07) is 2.59. The van der Waals surface area contributed by atoms with Crippen molar-refractivity contribution in [3.05, 3.63) is 12.2 Å². The first-order valence-electron chi connectivity index (χ1n) is 4.90. The molecule has 0 aromatic rings. The third-order valence-electron chi connectivity index (χ3n) is 2.12. The van der Waals surface area contributed by atoms with E-state index in [1.807, 2.05) is 0 Å². The van der Waals surface area contributed by atoms with E-state index in [1.54, 1.807) is 6.92 Å². The summed E-state index contributed by atoms with van der Waals surface area (Å²) in [5, 5.41) is 0. The molecule has 1 unspecified atom stereocenters. The highest BCUT2D eigenvalue weighted by atomic mass is 28.3. The summed E-state index contributed by atoms with van der Waals surface area (Å²) >= 11 is 0. The van der Waals surface area contributed by atoms with E-state index < -0.39 is 8.80 Å². The number of esters is 1. The van der Waals surface area contributed by atoms with Crippen LogP contribution in [0.5, 0.6) is 0 Å². The molecular weight excluding hydrogens is 180 g/mol. The largest absolute Gasteiger partial charge is 0.462 e. The maximum absolute atomic E-state index is 10.9. The van der Waals surface area contributed by atoms with Gasteiger partial charge in [-0.05, 0) is 13.3 Å². The quantitative estimate of drug-likeness (QED) is 0.285. The van der Waals surface area contributed by atoms with Crippen molar-refractivity contribution in [1.29, 1.82) is 0 Å². The van der Waals surface area contributed by atoms with E-state index in [0.717, 1.165) is 6.42 Å². The second kappa shape index (κ2) is 6.89. The Morgan fingerprint density at radius 3 is 2.62 bits per heavy atom. The van der Waals surface area contributed by atoms with Gasteiger partial charge in [0.05, 0.1) is 6.61 Å². The molecule has 0 saturated heterocycles. The average Bonchev–Trinajstić information content (AvgIpc) is 2.11. The molecular formula is C10H20O2Si. The van der Waals surface area contributed by atoms with Crippen LogP contribution in [0.1, 0.15) is 20.3 Å². The average molecular weight is 200 g/mol. The highest BCUT2D eigenvalue weighted by Gasteiger charge is 2.04. The molecule has 0 aromatic heterocycles. The molecule has 0 fully saturated rings. The lowest BCUT2D eigenvalue weighted by atomic mass is 10.4. The summed E-state index contributed by atoms with van der Waals surface area (Å²) in [5.41, 5.74) is 0.487. The predicted octanol–water partition coefficient (Wildman–Crippen LogP) is 2.37. The molecule has 1 atom stereocenters. The predicted molar refractivity (Wildman–Crippen MR) is 58.7 cm³/mol. The third-order valence-corrected chi connectivity index (χ3v) is 4.91. The summed E-state index contributed by atoms with van der Waals surface area (Å²) in [6.45, 7) is 10.3. The van der Waals surface area contributed by atoms with Gasteiger partial charge in [0.2, 0.25) is 0 Å². The molecule has 0 amide bonds. The van der Waals surface area contributed by atoms with E-state index in [1.165, 1.54) is 12.1 Å². The lowest BCUT2D eigenvalue weighted by molar-refractivity contribution is -0.138. The Morgan fingerprint density at radius 1 is 1.54 bits per heavy atom. The number of hydrogen-bond donors (Lipinski definition) is 0.